The van der Waals surface area contributed by atoms with Crippen LogP contribution in [-0.2, 0) is 15.9 Å². The molecule has 5 rings (SSSR count). The van der Waals surface area contributed by atoms with E-state index in [1.807, 2.05) is 7.11 Å². The Labute approximate surface area is 176 Å². The van der Waals surface area contributed by atoms with Crippen molar-refractivity contribution in [1.82, 2.24) is 19.9 Å². The average molecular weight is 412 g/mol. The number of rotatable bonds is 4. The first-order valence-electron chi connectivity index (χ1n) is 10.8. The molecule has 2 fully saturated rings. The fourth-order valence-electron chi connectivity index (χ4n) is 4.82. The molecule has 0 amide bonds. The fraction of sp³-hybridized carbons (Fsp3) is 0.619. The molecule has 3 aliphatic rings. The van der Waals surface area contributed by atoms with Crippen molar-refractivity contribution in [2.24, 2.45) is 0 Å². The molecule has 0 radical (unpaired) electrons. The lowest BCUT2D eigenvalue weighted by molar-refractivity contribution is 0.0656. The summed E-state index contributed by atoms with van der Waals surface area (Å²) >= 11 is 0. The van der Waals surface area contributed by atoms with Gasteiger partial charge in [0.15, 0.2) is 0 Å². The Kier molecular flexibility index (Phi) is 5.39. The Balaban J connectivity index is 1.52. The second kappa shape index (κ2) is 8.31. The maximum Gasteiger partial charge on any atom is 0.228 e. The molecule has 0 bridgehead atoms. The molecular weight excluding hydrogens is 382 g/mol. The second-order valence-electron chi connectivity index (χ2n) is 8.21. The van der Waals surface area contributed by atoms with Crippen molar-refractivity contribution in [3.63, 3.8) is 0 Å². The lowest BCUT2D eigenvalue weighted by atomic mass is 9.92. The van der Waals surface area contributed by atoms with Crippen LogP contribution < -0.4 is 15.5 Å². The third kappa shape index (κ3) is 3.67. The molecule has 1 saturated heterocycles. The van der Waals surface area contributed by atoms with Crippen molar-refractivity contribution in [3.05, 3.63) is 18.0 Å². The van der Waals surface area contributed by atoms with Gasteiger partial charge in [0.25, 0.3) is 0 Å². The van der Waals surface area contributed by atoms with Gasteiger partial charge in [-0.1, -0.05) is 0 Å². The monoisotopic (exact) mass is 411 g/mol. The van der Waals surface area contributed by atoms with Crippen LogP contribution in [0.2, 0.25) is 0 Å². The van der Waals surface area contributed by atoms with Gasteiger partial charge >= 0.3 is 0 Å². The van der Waals surface area contributed by atoms with E-state index in [0.29, 0.717) is 25.4 Å². The number of aromatic nitrogens is 4. The van der Waals surface area contributed by atoms with Crippen LogP contribution in [0, 0.1) is 0 Å². The van der Waals surface area contributed by atoms with Crippen LogP contribution in [0.3, 0.4) is 0 Å². The molecule has 0 unspecified atom stereocenters. The van der Waals surface area contributed by atoms with E-state index in [1.54, 1.807) is 12.4 Å². The quantitative estimate of drug-likeness (QED) is 0.805. The van der Waals surface area contributed by atoms with Crippen LogP contribution in [0.1, 0.15) is 31.2 Å². The van der Waals surface area contributed by atoms with Crippen molar-refractivity contribution >= 4 is 17.7 Å². The molecule has 4 heterocycles. The Morgan fingerprint density at radius 3 is 2.47 bits per heavy atom. The number of morpholine rings is 1. The summed E-state index contributed by atoms with van der Waals surface area (Å²) in [5.74, 6) is 2.11. The zero-order valence-electron chi connectivity index (χ0n) is 17.5. The number of ether oxygens (including phenoxy) is 2. The first-order valence-corrected chi connectivity index (χ1v) is 10.8. The number of nitrogens with two attached hydrogens (primary N) is 1. The molecule has 0 atom stereocenters. The van der Waals surface area contributed by atoms with E-state index < -0.39 is 0 Å². The van der Waals surface area contributed by atoms with Gasteiger partial charge in [0.05, 0.1) is 25.0 Å². The topological polar surface area (TPSA) is 103 Å². The Morgan fingerprint density at radius 2 is 1.77 bits per heavy atom. The molecule has 9 nitrogen and oxygen atoms in total. The molecule has 0 aromatic carbocycles. The molecule has 1 aliphatic carbocycles. The molecule has 2 aromatic heterocycles. The molecule has 0 spiro atoms. The normalized spacial score (nSPS) is 24.2. The fourth-order valence-corrected chi connectivity index (χ4v) is 4.82. The summed E-state index contributed by atoms with van der Waals surface area (Å²) in [7, 11) is 1.82. The molecule has 160 valence electrons. The van der Waals surface area contributed by atoms with E-state index in [1.165, 1.54) is 5.56 Å². The first kappa shape index (κ1) is 19.4. The van der Waals surface area contributed by atoms with Crippen LogP contribution in [0.25, 0.3) is 11.3 Å². The van der Waals surface area contributed by atoms with Gasteiger partial charge in [-0.3, -0.25) is 0 Å². The Morgan fingerprint density at radius 1 is 1.03 bits per heavy atom. The van der Waals surface area contributed by atoms with E-state index in [2.05, 4.69) is 19.8 Å². The minimum atomic E-state index is 0.273. The molecular formula is C21H29N7O2. The van der Waals surface area contributed by atoms with Crippen molar-refractivity contribution in [3.8, 4) is 11.3 Å². The predicted octanol–water partition coefficient (Wildman–Crippen LogP) is 1.67. The highest BCUT2D eigenvalue weighted by atomic mass is 16.5. The number of anilines is 3. The summed E-state index contributed by atoms with van der Waals surface area (Å²) in [5.41, 5.74) is 8.72. The smallest absolute Gasteiger partial charge is 0.228 e. The van der Waals surface area contributed by atoms with E-state index in [9.17, 15) is 0 Å². The largest absolute Gasteiger partial charge is 0.381 e. The molecule has 2 aliphatic heterocycles. The van der Waals surface area contributed by atoms with Gasteiger partial charge in [0.1, 0.15) is 5.82 Å². The lowest BCUT2D eigenvalue weighted by Crippen LogP contribution is -2.40. The summed E-state index contributed by atoms with van der Waals surface area (Å²) in [4.78, 5) is 23.1. The van der Waals surface area contributed by atoms with Gasteiger partial charge in [0.2, 0.25) is 11.9 Å². The van der Waals surface area contributed by atoms with Crippen molar-refractivity contribution < 1.29 is 9.47 Å². The zero-order chi connectivity index (χ0) is 20.5. The van der Waals surface area contributed by atoms with Crippen molar-refractivity contribution in [1.29, 1.82) is 0 Å². The van der Waals surface area contributed by atoms with Crippen LogP contribution in [0.15, 0.2) is 12.4 Å². The molecule has 2 aromatic rings. The average Bonchev–Trinajstić information content (AvgIpc) is 3.24. The number of fused-ring (bicyclic) bond motifs is 1. The highest BCUT2D eigenvalue weighted by Crippen LogP contribution is 2.39. The number of methoxy groups -OCH3 is 1. The number of hydrogen-bond acceptors (Lipinski definition) is 9. The third-order valence-electron chi connectivity index (χ3n) is 6.51. The van der Waals surface area contributed by atoms with Gasteiger partial charge in [-0.2, -0.15) is 4.98 Å². The van der Waals surface area contributed by atoms with Gasteiger partial charge in [0, 0.05) is 56.3 Å². The van der Waals surface area contributed by atoms with Crippen LogP contribution >= 0.6 is 0 Å². The summed E-state index contributed by atoms with van der Waals surface area (Å²) in [6.07, 6.45) is 9.33. The minimum absolute atomic E-state index is 0.273. The summed E-state index contributed by atoms with van der Waals surface area (Å²) in [6.45, 7) is 3.98. The summed E-state index contributed by atoms with van der Waals surface area (Å²) in [6, 6.07) is 0.501. The molecule has 2 N–H and O–H groups in total. The zero-order valence-corrected chi connectivity index (χ0v) is 17.5. The van der Waals surface area contributed by atoms with Crippen LogP contribution in [-0.4, -0.2) is 72.0 Å². The standard InChI is InChI=1S/C21H29N7O2/c1-29-16-4-2-15(3-5-16)28-7-6-17-18(14-12-23-20(22)24-13-14)25-21(26-19(17)28)27-8-10-30-11-9-27/h12-13,15-16H,2-11H2,1H3,(H2,22,23,24). The SMILES string of the molecule is COC1CCC(N2CCc3c(-c4cnc(N)nc4)nc(N4CCOCC4)nc32)CC1. The number of nitrogen functional groups attached to an aromatic ring is 1. The van der Waals surface area contributed by atoms with Gasteiger partial charge in [-0.25, -0.2) is 15.0 Å². The van der Waals surface area contributed by atoms with Gasteiger partial charge < -0.3 is 25.0 Å². The highest BCUT2D eigenvalue weighted by molar-refractivity contribution is 5.72. The second-order valence-corrected chi connectivity index (χ2v) is 8.21. The Hall–Kier alpha value is -2.52. The lowest BCUT2D eigenvalue weighted by Gasteiger charge is -2.35. The van der Waals surface area contributed by atoms with E-state index in [-0.39, 0.29) is 5.95 Å². The maximum absolute atomic E-state index is 5.71. The third-order valence-corrected chi connectivity index (χ3v) is 6.51. The van der Waals surface area contributed by atoms with Crippen molar-refractivity contribution in [2.45, 2.75) is 44.2 Å². The molecule has 1 saturated carbocycles. The number of hydrogen-bond donors (Lipinski definition) is 1. The van der Waals surface area contributed by atoms with Gasteiger partial charge in [-0.15, -0.1) is 0 Å². The summed E-state index contributed by atoms with van der Waals surface area (Å²) in [5, 5.41) is 0. The van der Waals surface area contributed by atoms with E-state index >= 15 is 0 Å². The summed E-state index contributed by atoms with van der Waals surface area (Å²) < 4.78 is 11.1. The van der Waals surface area contributed by atoms with Crippen LogP contribution in [0.5, 0.6) is 0 Å². The highest BCUT2D eigenvalue weighted by Gasteiger charge is 2.34. The minimum Gasteiger partial charge on any atom is -0.381 e. The van der Waals surface area contributed by atoms with E-state index in [0.717, 1.165) is 74.8 Å². The maximum atomic E-state index is 5.71. The molecule has 9 heteroatoms. The van der Waals surface area contributed by atoms with E-state index in [4.69, 9.17) is 25.2 Å². The van der Waals surface area contributed by atoms with Gasteiger partial charge in [-0.05, 0) is 32.1 Å². The number of nitrogens with zero attached hydrogens (tertiary/aromatic N) is 6. The first-order chi connectivity index (χ1) is 14.7. The van der Waals surface area contributed by atoms with Crippen molar-refractivity contribution in [2.75, 3.05) is 55.5 Å². The predicted molar refractivity (Wildman–Crippen MR) is 115 cm³/mol. The van der Waals surface area contributed by atoms with Crippen LogP contribution in [0.4, 0.5) is 17.7 Å². The molecule has 30 heavy (non-hydrogen) atoms. The Bertz CT molecular complexity index is 878.